The molecule has 0 fully saturated rings. The van der Waals surface area contributed by atoms with E-state index in [4.69, 9.17) is 9.15 Å². The van der Waals surface area contributed by atoms with Crippen molar-refractivity contribution >= 4 is 34.6 Å². The highest BCUT2D eigenvalue weighted by atomic mass is 16.6. The fourth-order valence-electron chi connectivity index (χ4n) is 4.21. The number of aromatic nitrogens is 2. The van der Waals surface area contributed by atoms with Crippen LogP contribution < -0.4 is 21.6 Å². The van der Waals surface area contributed by atoms with Crippen LogP contribution in [0.1, 0.15) is 49.9 Å². The number of benzene rings is 2. The van der Waals surface area contributed by atoms with Crippen molar-refractivity contribution in [1.82, 2.24) is 15.3 Å². The molecule has 0 aliphatic rings. The molecule has 0 aliphatic carbocycles. The van der Waals surface area contributed by atoms with Gasteiger partial charge in [-0.15, -0.1) is 0 Å². The molecule has 4 rings (SSSR count). The van der Waals surface area contributed by atoms with Gasteiger partial charge in [-0.2, -0.15) is 4.98 Å². The third-order valence-corrected chi connectivity index (χ3v) is 6.09. The van der Waals surface area contributed by atoms with E-state index in [2.05, 4.69) is 25.9 Å². The second-order valence-electron chi connectivity index (χ2n) is 10.3. The molecule has 3 N–H and O–H groups in total. The van der Waals surface area contributed by atoms with Crippen LogP contribution in [0.15, 0.2) is 76.1 Å². The number of anilines is 2. The first kappa shape index (κ1) is 28.3. The molecule has 0 aliphatic heterocycles. The number of hydrogen-bond donors (Lipinski definition) is 3. The number of carbonyl (C=O) groups is 2. The van der Waals surface area contributed by atoms with Crippen LogP contribution in [0.4, 0.5) is 16.5 Å². The molecule has 1 atom stereocenters. The Bertz CT molecular complexity index is 1530. The molecule has 10 nitrogen and oxygen atoms in total. The van der Waals surface area contributed by atoms with Gasteiger partial charge in [0, 0.05) is 18.4 Å². The molecule has 0 saturated carbocycles. The quantitative estimate of drug-likeness (QED) is 0.264. The average molecular weight is 544 g/mol. The van der Waals surface area contributed by atoms with E-state index >= 15 is 0 Å². The third-order valence-electron chi connectivity index (χ3n) is 6.09. The Balaban J connectivity index is 1.45. The molecule has 0 radical (unpaired) electrons. The standard InChI is InChI=1S/C30H33N5O5/c1-19-23(35-29(38)40-30(2,3)4)13-14-24-25(19)27(37)39-28(34-24)32-17-15-22(20-10-6-5-7-11-20)26(36)33-18-21-12-8-9-16-31-21/h5-14,16,22H,15,17-18H2,1-4H3,(H,32,34)(H,33,36)(H,35,38). The molecule has 10 heteroatoms. The number of carbonyl (C=O) groups excluding carboxylic acids is 2. The number of rotatable bonds is 9. The van der Waals surface area contributed by atoms with Gasteiger partial charge in [0.15, 0.2) is 0 Å². The lowest BCUT2D eigenvalue weighted by Crippen LogP contribution is -2.30. The van der Waals surface area contributed by atoms with E-state index < -0.39 is 23.2 Å². The Morgan fingerprint density at radius 2 is 1.77 bits per heavy atom. The lowest BCUT2D eigenvalue weighted by molar-refractivity contribution is -0.122. The smallest absolute Gasteiger partial charge is 0.412 e. The van der Waals surface area contributed by atoms with Crippen molar-refractivity contribution < 1.29 is 18.7 Å². The van der Waals surface area contributed by atoms with E-state index in [1.165, 1.54) is 0 Å². The van der Waals surface area contributed by atoms with Gasteiger partial charge in [0.2, 0.25) is 5.91 Å². The number of nitrogens with one attached hydrogen (secondary N) is 3. The maximum atomic E-state index is 13.1. The Hall–Kier alpha value is -4.73. The van der Waals surface area contributed by atoms with Crippen LogP contribution in [0.5, 0.6) is 0 Å². The van der Waals surface area contributed by atoms with E-state index in [-0.39, 0.29) is 17.3 Å². The molecule has 0 spiro atoms. The summed E-state index contributed by atoms with van der Waals surface area (Å²) in [6.07, 6.45) is 1.49. The zero-order valence-electron chi connectivity index (χ0n) is 23.0. The molecule has 4 aromatic rings. The summed E-state index contributed by atoms with van der Waals surface area (Å²) < 4.78 is 10.7. The molecule has 1 unspecified atom stereocenters. The summed E-state index contributed by atoms with van der Waals surface area (Å²) in [5.74, 6) is -0.569. The van der Waals surface area contributed by atoms with Gasteiger partial charge in [0.05, 0.1) is 29.1 Å². The molecule has 2 amide bonds. The third kappa shape index (κ3) is 7.43. The van der Waals surface area contributed by atoms with Crippen molar-refractivity contribution in [2.45, 2.75) is 52.2 Å². The SMILES string of the molecule is Cc1c(NC(=O)OC(C)(C)C)ccc2nc(NCCC(C(=O)NCc3ccccn3)c3ccccc3)oc(=O)c12. The van der Waals surface area contributed by atoms with Crippen molar-refractivity contribution in [1.29, 1.82) is 0 Å². The minimum absolute atomic E-state index is 0.0467. The topological polar surface area (TPSA) is 135 Å². The number of aryl methyl sites for hydroxylation is 1. The minimum atomic E-state index is -0.657. The molecule has 2 aromatic heterocycles. The summed E-state index contributed by atoms with van der Waals surface area (Å²) >= 11 is 0. The van der Waals surface area contributed by atoms with Crippen molar-refractivity contribution in [2.75, 3.05) is 17.2 Å². The number of pyridine rings is 1. The van der Waals surface area contributed by atoms with E-state index in [1.54, 1.807) is 46.0 Å². The second-order valence-corrected chi connectivity index (χ2v) is 10.3. The van der Waals surface area contributed by atoms with E-state index in [0.29, 0.717) is 36.3 Å². The number of amides is 2. The first-order valence-electron chi connectivity index (χ1n) is 13.0. The molecular weight excluding hydrogens is 510 g/mol. The summed E-state index contributed by atoms with van der Waals surface area (Å²) in [5, 5.41) is 8.93. The first-order valence-corrected chi connectivity index (χ1v) is 13.0. The van der Waals surface area contributed by atoms with Crippen LogP contribution in [0.25, 0.3) is 10.9 Å². The molecular formula is C30H33N5O5. The predicted molar refractivity (Wildman–Crippen MR) is 153 cm³/mol. The van der Waals surface area contributed by atoms with E-state index in [0.717, 1.165) is 11.3 Å². The molecule has 2 heterocycles. The number of fused-ring (bicyclic) bond motifs is 1. The fraction of sp³-hybridized carbons (Fsp3) is 0.300. The Morgan fingerprint density at radius 1 is 1.02 bits per heavy atom. The Labute approximate surface area is 232 Å². The first-order chi connectivity index (χ1) is 19.1. The highest BCUT2D eigenvalue weighted by Crippen LogP contribution is 2.25. The van der Waals surface area contributed by atoms with Crippen molar-refractivity contribution in [3.63, 3.8) is 0 Å². The zero-order valence-corrected chi connectivity index (χ0v) is 23.0. The molecule has 0 bridgehead atoms. The monoisotopic (exact) mass is 543 g/mol. The lowest BCUT2D eigenvalue weighted by atomic mass is 9.94. The van der Waals surface area contributed by atoms with Gasteiger partial charge < -0.3 is 19.8 Å². The van der Waals surface area contributed by atoms with Crippen LogP contribution in [0, 0.1) is 6.92 Å². The largest absolute Gasteiger partial charge is 0.444 e. The van der Waals surface area contributed by atoms with Gasteiger partial charge in [0.25, 0.3) is 6.01 Å². The maximum absolute atomic E-state index is 13.1. The summed E-state index contributed by atoms with van der Waals surface area (Å²) in [6.45, 7) is 7.66. The number of ether oxygens (including phenoxy) is 1. The van der Waals surface area contributed by atoms with Gasteiger partial charge in [-0.1, -0.05) is 36.4 Å². The predicted octanol–water partition coefficient (Wildman–Crippen LogP) is 5.14. The van der Waals surface area contributed by atoms with Crippen molar-refractivity contribution in [3.8, 4) is 0 Å². The maximum Gasteiger partial charge on any atom is 0.412 e. The zero-order chi connectivity index (χ0) is 28.7. The Kier molecular flexibility index (Phi) is 8.78. The van der Waals surface area contributed by atoms with Crippen LogP contribution in [0.2, 0.25) is 0 Å². The van der Waals surface area contributed by atoms with Crippen molar-refractivity contribution in [2.24, 2.45) is 0 Å². The lowest BCUT2D eigenvalue weighted by Gasteiger charge is -2.20. The Morgan fingerprint density at radius 3 is 2.48 bits per heavy atom. The van der Waals surface area contributed by atoms with Crippen LogP contribution >= 0.6 is 0 Å². The highest BCUT2D eigenvalue weighted by Gasteiger charge is 2.21. The van der Waals surface area contributed by atoms with E-state index in [1.807, 2.05) is 48.5 Å². The van der Waals surface area contributed by atoms with E-state index in [9.17, 15) is 14.4 Å². The van der Waals surface area contributed by atoms with Gasteiger partial charge in [-0.05, 0) is 69.5 Å². The van der Waals surface area contributed by atoms with Gasteiger partial charge >= 0.3 is 11.7 Å². The summed E-state index contributed by atoms with van der Waals surface area (Å²) in [6, 6.07) is 18.4. The van der Waals surface area contributed by atoms with Crippen LogP contribution in [-0.2, 0) is 16.1 Å². The second kappa shape index (κ2) is 12.4. The molecule has 40 heavy (non-hydrogen) atoms. The van der Waals surface area contributed by atoms with Gasteiger partial charge in [-0.25, -0.2) is 9.59 Å². The molecule has 0 saturated heterocycles. The number of nitrogens with zero attached hydrogens (tertiary/aromatic N) is 2. The highest BCUT2D eigenvalue weighted by molar-refractivity contribution is 5.93. The van der Waals surface area contributed by atoms with Crippen LogP contribution in [0.3, 0.4) is 0 Å². The number of hydrogen-bond acceptors (Lipinski definition) is 8. The minimum Gasteiger partial charge on any atom is -0.444 e. The van der Waals surface area contributed by atoms with Gasteiger partial charge in [-0.3, -0.25) is 15.1 Å². The average Bonchev–Trinajstić information content (AvgIpc) is 2.91. The summed E-state index contributed by atoms with van der Waals surface area (Å²) in [7, 11) is 0. The van der Waals surface area contributed by atoms with Gasteiger partial charge in [0.1, 0.15) is 5.60 Å². The molecule has 208 valence electrons. The fourth-order valence-corrected chi connectivity index (χ4v) is 4.21. The van der Waals surface area contributed by atoms with Crippen LogP contribution in [-0.4, -0.2) is 34.1 Å². The summed E-state index contributed by atoms with van der Waals surface area (Å²) in [5.41, 5.74) is 1.75. The van der Waals surface area contributed by atoms with Crippen molar-refractivity contribution in [3.05, 3.63) is 94.1 Å². The summed E-state index contributed by atoms with van der Waals surface area (Å²) in [4.78, 5) is 46.9. The molecule has 2 aromatic carbocycles. The normalized spacial score (nSPS) is 12.0.